The van der Waals surface area contributed by atoms with Crippen LogP contribution in [-0.2, 0) is 0 Å². The van der Waals surface area contributed by atoms with Gasteiger partial charge in [0.1, 0.15) is 11.5 Å². The fourth-order valence-electron chi connectivity index (χ4n) is 1.66. The first-order chi connectivity index (χ1) is 7.72. The van der Waals surface area contributed by atoms with Gasteiger partial charge in [0.2, 0.25) is 5.88 Å². The molecule has 0 aliphatic heterocycles. The first kappa shape index (κ1) is 8.96. The Morgan fingerprint density at radius 2 is 2.12 bits per heavy atom. The lowest BCUT2D eigenvalue weighted by Crippen LogP contribution is -1.76. The number of nitrogens with zero attached hydrogens (tertiary/aromatic N) is 1. The second kappa shape index (κ2) is 3.10. The Balaban J connectivity index is 2.18. The van der Waals surface area contributed by atoms with E-state index in [0.29, 0.717) is 5.69 Å². The Kier molecular flexibility index (Phi) is 1.73. The smallest absolute Gasteiger partial charge is 0.222 e. The van der Waals surface area contributed by atoms with Crippen LogP contribution in [0.2, 0.25) is 0 Å². The fraction of sp³-hybridized carbons (Fsp3) is 0. The van der Waals surface area contributed by atoms with E-state index in [1.807, 2.05) is 0 Å². The number of hydrogen-bond donors (Lipinski definition) is 2. The minimum absolute atomic E-state index is 0.250. The summed E-state index contributed by atoms with van der Waals surface area (Å²) >= 11 is 0. The van der Waals surface area contributed by atoms with Gasteiger partial charge in [-0.2, -0.15) is 0 Å². The largest absolute Gasteiger partial charge is 0.368 e. The summed E-state index contributed by atoms with van der Waals surface area (Å²) in [6.45, 7) is 0. The molecule has 4 nitrogen and oxygen atoms in total. The van der Waals surface area contributed by atoms with Gasteiger partial charge in [0.25, 0.3) is 0 Å². The maximum absolute atomic E-state index is 13.0. The van der Waals surface area contributed by atoms with Gasteiger partial charge in [0.05, 0.1) is 5.69 Å². The fourth-order valence-corrected chi connectivity index (χ4v) is 1.66. The number of nitrogen functional groups attached to an aromatic ring is 1. The average molecular weight is 217 g/mol. The zero-order chi connectivity index (χ0) is 11.1. The zero-order valence-corrected chi connectivity index (χ0v) is 8.20. The maximum atomic E-state index is 13.0. The summed E-state index contributed by atoms with van der Waals surface area (Å²) in [6.07, 6.45) is 0. The van der Waals surface area contributed by atoms with Gasteiger partial charge in [-0.3, -0.25) is 0 Å². The van der Waals surface area contributed by atoms with E-state index in [1.165, 1.54) is 12.1 Å². The van der Waals surface area contributed by atoms with Crippen LogP contribution in [0.4, 0.5) is 10.3 Å². The number of hydrogen-bond acceptors (Lipinski definition) is 3. The van der Waals surface area contributed by atoms with E-state index in [2.05, 4.69) is 10.1 Å². The molecule has 3 rings (SSSR count). The molecule has 1 aromatic carbocycles. The number of nitrogens with one attached hydrogen (secondary N) is 1. The predicted octanol–water partition coefficient (Wildman–Crippen LogP) is 2.54. The molecule has 5 heteroatoms. The lowest BCUT2D eigenvalue weighted by atomic mass is 10.2. The van der Waals surface area contributed by atoms with Gasteiger partial charge in [-0.1, -0.05) is 5.16 Å². The Hall–Kier alpha value is -2.30. The van der Waals surface area contributed by atoms with E-state index in [9.17, 15) is 4.39 Å². The van der Waals surface area contributed by atoms with Gasteiger partial charge >= 0.3 is 0 Å². The van der Waals surface area contributed by atoms with E-state index in [1.54, 1.807) is 18.2 Å². The minimum Gasteiger partial charge on any atom is -0.368 e. The summed E-state index contributed by atoms with van der Waals surface area (Å²) in [7, 11) is 0. The lowest BCUT2D eigenvalue weighted by Gasteiger charge is -1.88. The molecule has 0 radical (unpaired) electrons. The van der Waals surface area contributed by atoms with Crippen LogP contribution in [0.5, 0.6) is 0 Å². The van der Waals surface area contributed by atoms with Crippen LogP contribution in [0.15, 0.2) is 34.9 Å². The highest BCUT2D eigenvalue weighted by Gasteiger charge is 2.08. The molecule has 2 heterocycles. The van der Waals surface area contributed by atoms with Gasteiger partial charge in [0, 0.05) is 17.0 Å². The van der Waals surface area contributed by atoms with Gasteiger partial charge in [-0.15, -0.1) is 0 Å². The molecule has 16 heavy (non-hydrogen) atoms. The SMILES string of the molecule is Nc1cc(-c2cc3cc(F)ccc3[nH]2)no1. The van der Waals surface area contributed by atoms with Crippen LogP contribution in [0.3, 0.4) is 0 Å². The van der Waals surface area contributed by atoms with E-state index in [-0.39, 0.29) is 11.7 Å². The number of aromatic amines is 1. The van der Waals surface area contributed by atoms with Crippen molar-refractivity contribution in [2.24, 2.45) is 0 Å². The number of anilines is 1. The van der Waals surface area contributed by atoms with Gasteiger partial charge < -0.3 is 15.2 Å². The normalized spacial score (nSPS) is 11.1. The number of rotatable bonds is 1. The van der Waals surface area contributed by atoms with Crippen molar-refractivity contribution in [3.05, 3.63) is 36.1 Å². The summed E-state index contributed by atoms with van der Waals surface area (Å²) in [4.78, 5) is 3.11. The third-order valence-corrected chi connectivity index (χ3v) is 2.39. The van der Waals surface area contributed by atoms with Crippen LogP contribution in [-0.4, -0.2) is 10.1 Å². The van der Waals surface area contributed by atoms with Crippen LogP contribution < -0.4 is 5.73 Å². The Bertz CT molecular complexity index is 656. The maximum Gasteiger partial charge on any atom is 0.222 e. The standard InChI is InChI=1S/C11H8FN3O/c12-7-1-2-8-6(3-7)4-9(14-8)10-5-11(13)16-15-10/h1-5,14H,13H2. The minimum atomic E-state index is -0.266. The summed E-state index contributed by atoms with van der Waals surface area (Å²) in [6, 6.07) is 7.95. The number of halogens is 1. The third kappa shape index (κ3) is 1.33. The average Bonchev–Trinajstić information content (AvgIpc) is 2.83. The molecule has 80 valence electrons. The molecule has 0 fully saturated rings. The third-order valence-electron chi connectivity index (χ3n) is 2.39. The predicted molar refractivity (Wildman–Crippen MR) is 58.2 cm³/mol. The van der Waals surface area contributed by atoms with Crippen LogP contribution in [0.1, 0.15) is 0 Å². The number of benzene rings is 1. The summed E-state index contributed by atoms with van der Waals surface area (Å²) in [5.41, 5.74) is 7.63. The van der Waals surface area contributed by atoms with Crippen LogP contribution in [0.25, 0.3) is 22.3 Å². The molecule has 0 saturated carbocycles. The molecule has 0 spiro atoms. The lowest BCUT2D eigenvalue weighted by molar-refractivity contribution is 0.439. The van der Waals surface area contributed by atoms with Crippen molar-refractivity contribution in [1.82, 2.24) is 10.1 Å². The topological polar surface area (TPSA) is 67.8 Å². The second-order valence-electron chi connectivity index (χ2n) is 3.53. The first-order valence-electron chi connectivity index (χ1n) is 4.73. The molecular weight excluding hydrogens is 209 g/mol. The molecule has 0 aliphatic carbocycles. The Morgan fingerprint density at radius 3 is 2.88 bits per heavy atom. The molecule has 0 amide bonds. The van der Waals surface area contributed by atoms with Crippen molar-refractivity contribution in [2.45, 2.75) is 0 Å². The quantitative estimate of drug-likeness (QED) is 0.658. The Labute approximate surface area is 89.9 Å². The van der Waals surface area contributed by atoms with Gasteiger partial charge in [-0.05, 0) is 24.3 Å². The molecule has 2 aromatic heterocycles. The highest BCUT2D eigenvalue weighted by Crippen LogP contribution is 2.24. The summed E-state index contributed by atoms with van der Waals surface area (Å²) < 4.78 is 17.8. The summed E-state index contributed by atoms with van der Waals surface area (Å²) in [5.74, 6) is -0.0162. The molecule has 0 bridgehead atoms. The Morgan fingerprint density at radius 1 is 1.25 bits per heavy atom. The number of aromatic nitrogens is 2. The zero-order valence-electron chi connectivity index (χ0n) is 8.20. The number of nitrogens with two attached hydrogens (primary N) is 1. The van der Waals surface area contributed by atoms with Crippen molar-refractivity contribution < 1.29 is 8.91 Å². The molecule has 0 atom stereocenters. The second-order valence-corrected chi connectivity index (χ2v) is 3.53. The monoisotopic (exact) mass is 217 g/mol. The van der Waals surface area contributed by atoms with E-state index < -0.39 is 0 Å². The van der Waals surface area contributed by atoms with Crippen molar-refractivity contribution >= 4 is 16.8 Å². The van der Waals surface area contributed by atoms with E-state index >= 15 is 0 Å². The molecular formula is C11H8FN3O. The molecule has 0 saturated heterocycles. The van der Waals surface area contributed by atoms with Crippen LogP contribution in [0, 0.1) is 5.82 Å². The van der Waals surface area contributed by atoms with Crippen molar-refractivity contribution in [1.29, 1.82) is 0 Å². The number of H-pyrrole nitrogens is 1. The highest BCUT2D eigenvalue weighted by molar-refractivity contribution is 5.85. The summed E-state index contributed by atoms with van der Waals surface area (Å²) in [5, 5.41) is 4.57. The van der Waals surface area contributed by atoms with Gasteiger partial charge in [0.15, 0.2) is 0 Å². The highest BCUT2D eigenvalue weighted by atomic mass is 19.1. The van der Waals surface area contributed by atoms with Crippen molar-refractivity contribution in [3.63, 3.8) is 0 Å². The molecule has 3 N–H and O–H groups in total. The number of fused-ring (bicyclic) bond motifs is 1. The molecule has 3 aromatic rings. The van der Waals surface area contributed by atoms with Crippen LogP contribution >= 0.6 is 0 Å². The van der Waals surface area contributed by atoms with Crippen molar-refractivity contribution in [2.75, 3.05) is 5.73 Å². The van der Waals surface area contributed by atoms with E-state index in [0.717, 1.165) is 16.6 Å². The van der Waals surface area contributed by atoms with E-state index in [4.69, 9.17) is 10.3 Å². The molecule has 0 unspecified atom stereocenters. The van der Waals surface area contributed by atoms with Gasteiger partial charge in [-0.25, -0.2) is 4.39 Å². The molecule has 0 aliphatic rings. The first-order valence-corrected chi connectivity index (χ1v) is 4.73. The van der Waals surface area contributed by atoms with Crippen molar-refractivity contribution in [3.8, 4) is 11.4 Å².